The smallest absolute Gasteiger partial charge is 0.235 e. The summed E-state index contributed by atoms with van der Waals surface area (Å²) in [5, 5.41) is 10.9. The Kier molecular flexibility index (Phi) is 3.77. The van der Waals surface area contributed by atoms with Crippen molar-refractivity contribution in [3.05, 3.63) is 57.7 Å². The fourth-order valence-corrected chi connectivity index (χ4v) is 2.38. The average Bonchev–Trinajstić information content (AvgIpc) is 2.52. The van der Waals surface area contributed by atoms with Gasteiger partial charge in [0.15, 0.2) is 5.76 Å². The van der Waals surface area contributed by atoms with Crippen molar-refractivity contribution in [1.82, 2.24) is 0 Å². The molecule has 1 heterocycles. The lowest BCUT2D eigenvalue weighted by Crippen LogP contribution is -2.02. The lowest BCUT2D eigenvalue weighted by Gasteiger charge is -2.07. The highest BCUT2D eigenvalue weighted by Gasteiger charge is 2.15. The van der Waals surface area contributed by atoms with Crippen molar-refractivity contribution in [1.29, 1.82) is 0 Å². The van der Waals surface area contributed by atoms with E-state index in [2.05, 4.69) is 0 Å². The SMILES string of the molecule is CCOc1ccc(-c2oc3cc(Cl)ccc3c(=O)c2O)cc1. The van der Waals surface area contributed by atoms with Gasteiger partial charge in [-0.2, -0.15) is 0 Å². The molecule has 0 spiro atoms. The molecule has 0 aliphatic heterocycles. The molecule has 0 radical (unpaired) electrons. The van der Waals surface area contributed by atoms with Crippen LogP contribution in [0, 0.1) is 0 Å². The van der Waals surface area contributed by atoms with Gasteiger partial charge in [-0.25, -0.2) is 0 Å². The summed E-state index contributed by atoms with van der Waals surface area (Å²) in [6.07, 6.45) is 0. The van der Waals surface area contributed by atoms with Gasteiger partial charge < -0.3 is 14.3 Å². The maximum atomic E-state index is 12.2. The van der Waals surface area contributed by atoms with Gasteiger partial charge in [0, 0.05) is 16.7 Å². The summed E-state index contributed by atoms with van der Waals surface area (Å²) in [5.41, 5.74) is 0.431. The van der Waals surface area contributed by atoms with Gasteiger partial charge in [-0.05, 0) is 43.3 Å². The zero-order valence-electron chi connectivity index (χ0n) is 11.8. The molecule has 0 aliphatic rings. The first-order chi connectivity index (χ1) is 10.6. The van der Waals surface area contributed by atoms with Gasteiger partial charge in [-0.1, -0.05) is 11.6 Å². The summed E-state index contributed by atoms with van der Waals surface area (Å²) in [6.45, 7) is 2.46. The van der Waals surface area contributed by atoms with Crippen LogP contribution in [-0.2, 0) is 0 Å². The maximum absolute atomic E-state index is 12.2. The van der Waals surface area contributed by atoms with E-state index in [9.17, 15) is 9.90 Å². The molecule has 5 heteroatoms. The van der Waals surface area contributed by atoms with Gasteiger partial charge in [0.25, 0.3) is 0 Å². The molecule has 0 amide bonds. The first-order valence-electron chi connectivity index (χ1n) is 6.78. The van der Waals surface area contributed by atoms with Crippen LogP contribution in [0.4, 0.5) is 0 Å². The molecule has 0 saturated heterocycles. The maximum Gasteiger partial charge on any atom is 0.235 e. The minimum absolute atomic E-state index is 0.114. The van der Waals surface area contributed by atoms with Gasteiger partial charge in [-0.15, -0.1) is 0 Å². The van der Waals surface area contributed by atoms with Crippen molar-refractivity contribution in [2.24, 2.45) is 0 Å². The van der Waals surface area contributed by atoms with Gasteiger partial charge in [-0.3, -0.25) is 4.79 Å². The predicted molar refractivity (Wildman–Crippen MR) is 85.8 cm³/mol. The number of hydrogen-bond donors (Lipinski definition) is 1. The van der Waals surface area contributed by atoms with Gasteiger partial charge in [0.2, 0.25) is 11.2 Å². The standard InChI is InChI=1S/C17H13ClO4/c1-2-21-12-6-3-10(4-7-12)17-16(20)15(19)13-8-5-11(18)9-14(13)22-17/h3-9,20H,2H2,1H3. The number of aromatic hydroxyl groups is 1. The Balaban J connectivity index is 2.17. The number of benzene rings is 2. The van der Waals surface area contributed by atoms with Gasteiger partial charge >= 0.3 is 0 Å². The highest BCUT2D eigenvalue weighted by molar-refractivity contribution is 6.31. The van der Waals surface area contributed by atoms with Crippen LogP contribution in [0.3, 0.4) is 0 Å². The second kappa shape index (κ2) is 5.73. The van der Waals surface area contributed by atoms with Crippen LogP contribution in [0.1, 0.15) is 6.92 Å². The fourth-order valence-electron chi connectivity index (χ4n) is 2.22. The largest absolute Gasteiger partial charge is 0.502 e. The van der Waals surface area contributed by atoms with Gasteiger partial charge in [0.1, 0.15) is 11.3 Å². The Bertz CT molecular complexity index is 882. The van der Waals surface area contributed by atoms with Crippen LogP contribution in [0.25, 0.3) is 22.3 Å². The van der Waals surface area contributed by atoms with Crippen molar-refractivity contribution in [2.75, 3.05) is 6.61 Å². The zero-order valence-corrected chi connectivity index (χ0v) is 12.6. The molecule has 0 unspecified atom stereocenters. The quantitative estimate of drug-likeness (QED) is 0.786. The third kappa shape index (κ3) is 2.53. The van der Waals surface area contributed by atoms with Crippen molar-refractivity contribution >= 4 is 22.6 Å². The Morgan fingerprint density at radius 1 is 1.18 bits per heavy atom. The molecule has 0 bridgehead atoms. The first-order valence-corrected chi connectivity index (χ1v) is 7.16. The molecule has 0 aliphatic carbocycles. The summed E-state index contributed by atoms with van der Waals surface area (Å²) in [5.74, 6) is 0.402. The topological polar surface area (TPSA) is 59.7 Å². The Morgan fingerprint density at radius 3 is 2.59 bits per heavy atom. The van der Waals surface area contributed by atoms with Crippen LogP contribution in [-0.4, -0.2) is 11.7 Å². The summed E-state index contributed by atoms with van der Waals surface area (Å²) < 4.78 is 11.0. The van der Waals surface area contributed by atoms with Crippen LogP contribution in [0.15, 0.2) is 51.7 Å². The van der Waals surface area contributed by atoms with E-state index in [0.717, 1.165) is 0 Å². The molecule has 1 aromatic heterocycles. The minimum Gasteiger partial charge on any atom is -0.502 e. The first kappa shape index (κ1) is 14.5. The molecule has 22 heavy (non-hydrogen) atoms. The average molecular weight is 317 g/mol. The van der Waals surface area contributed by atoms with E-state index in [-0.39, 0.29) is 11.1 Å². The third-order valence-electron chi connectivity index (χ3n) is 3.26. The molecule has 4 nitrogen and oxygen atoms in total. The highest BCUT2D eigenvalue weighted by atomic mass is 35.5. The minimum atomic E-state index is -0.484. The van der Waals surface area contributed by atoms with E-state index in [1.165, 1.54) is 6.07 Å². The van der Waals surface area contributed by atoms with E-state index < -0.39 is 11.2 Å². The molecule has 0 fully saturated rings. The summed E-state index contributed by atoms with van der Waals surface area (Å²) in [4.78, 5) is 12.2. The van der Waals surface area contributed by atoms with E-state index in [0.29, 0.717) is 28.5 Å². The van der Waals surface area contributed by atoms with E-state index in [1.807, 2.05) is 6.92 Å². The Labute approximate surface area is 131 Å². The second-order valence-corrected chi connectivity index (χ2v) is 5.14. The number of rotatable bonds is 3. The highest BCUT2D eigenvalue weighted by Crippen LogP contribution is 2.31. The summed E-state index contributed by atoms with van der Waals surface area (Å²) in [6, 6.07) is 11.6. The zero-order chi connectivity index (χ0) is 15.7. The van der Waals surface area contributed by atoms with Crippen LogP contribution >= 0.6 is 11.6 Å². The molecule has 112 valence electrons. The number of halogens is 1. The Morgan fingerprint density at radius 2 is 1.91 bits per heavy atom. The van der Waals surface area contributed by atoms with Gasteiger partial charge in [0.05, 0.1) is 12.0 Å². The van der Waals surface area contributed by atoms with E-state index >= 15 is 0 Å². The van der Waals surface area contributed by atoms with Crippen molar-refractivity contribution in [3.8, 4) is 22.8 Å². The molecule has 2 aromatic carbocycles. The fraction of sp³-hybridized carbons (Fsp3) is 0.118. The van der Waals surface area contributed by atoms with E-state index in [4.69, 9.17) is 20.8 Å². The van der Waals surface area contributed by atoms with Crippen molar-refractivity contribution in [2.45, 2.75) is 6.92 Å². The molecule has 0 atom stereocenters. The molecule has 1 N–H and O–H groups in total. The lowest BCUT2D eigenvalue weighted by molar-refractivity contribution is 0.340. The lowest BCUT2D eigenvalue weighted by atomic mass is 10.1. The summed E-state index contributed by atoms with van der Waals surface area (Å²) >= 11 is 5.92. The van der Waals surface area contributed by atoms with Crippen LogP contribution in [0.2, 0.25) is 5.02 Å². The van der Waals surface area contributed by atoms with Crippen molar-refractivity contribution < 1.29 is 14.3 Å². The summed E-state index contributed by atoms with van der Waals surface area (Å²) in [7, 11) is 0. The molecule has 0 saturated carbocycles. The number of ether oxygens (including phenoxy) is 1. The predicted octanol–water partition coefficient (Wildman–Crippen LogP) is 4.22. The molecule has 3 aromatic rings. The van der Waals surface area contributed by atoms with Crippen LogP contribution < -0.4 is 10.2 Å². The molecular weight excluding hydrogens is 304 g/mol. The number of fused-ring (bicyclic) bond motifs is 1. The van der Waals surface area contributed by atoms with Crippen LogP contribution in [0.5, 0.6) is 11.5 Å². The molecular formula is C17H13ClO4. The number of hydrogen-bond acceptors (Lipinski definition) is 4. The monoisotopic (exact) mass is 316 g/mol. The second-order valence-electron chi connectivity index (χ2n) is 4.71. The normalized spacial score (nSPS) is 10.8. The van der Waals surface area contributed by atoms with E-state index in [1.54, 1.807) is 36.4 Å². The third-order valence-corrected chi connectivity index (χ3v) is 3.49. The molecule has 3 rings (SSSR count). The Hall–Kier alpha value is -2.46. The van der Waals surface area contributed by atoms with Crippen molar-refractivity contribution in [3.63, 3.8) is 0 Å².